The predicted octanol–water partition coefficient (Wildman–Crippen LogP) is 5.26. The molecule has 3 aromatic carbocycles. The molecule has 0 aliphatic carbocycles. The third-order valence-corrected chi connectivity index (χ3v) is 4.73. The van der Waals surface area contributed by atoms with Gasteiger partial charge in [0.25, 0.3) is 5.91 Å². The van der Waals surface area contributed by atoms with Crippen molar-refractivity contribution in [3.05, 3.63) is 108 Å². The number of benzene rings is 3. The number of nitrogens with one attached hydrogen (secondary N) is 2. The molecule has 1 heterocycles. The first-order valence-corrected chi connectivity index (χ1v) is 9.86. The molecule has 0 unspecified atom stereocenters. The fourth-order valence-electron chi connectivity index (χ4n) is 3.18. The van der Waals surface area contributed by atoms with Crippen LogP contribution < -0.4 is 10.6 Å². The van der Waals surface area contributed by atoms with Gasteiger partial charge >= 0.3 is 0 Å². The molecule has 0 bridgehead atoms. The van der Waals surface area contributed by atoms with Crippen molar-refractivity contribution < 1.29 is 9.18 Å². The molecule has 31 heavy (non-hydrogen) atoms. The minimum absolute atomic E-state index is 0.160. The summed E-state index contributed by atoms with van der Waals surface area (Å²) in [5, 5.41) is 6.03. The van der Waals surface area contributed by atoms with Crippen molar-refractivity contribution in [1.82, 2.24) is 15.3 Å². The fourth-order valence-corrected chi connectivity index (χ4v) is 3.18. The molecule has 4 aromatic rings. The molecule has 1 amide bonds. The Morgan fingerprint density at radius 1 is 0.903 bits per heavy atom. The zero-order valence-electron chi connectivity index (χ0n) is 17.0. The molecule has 1 aromatic heterocycles. The van der Waals surface area contributed by atoms with Gasteiger partial charge in [-0.2, -0.15) is 0 Å². The van der Waals surface area contributed by atoms with Crippen LogP contribution in [0, 0.1) is 12.7 Å². The SMILES string of the molecule is Cc1cccc(CNC(=O)c2cccc(Nc3ncc(-c4cccc(F)c4)cn3)c2)c1. The number of carbonyl (C=O) groups is 1. The highest BCUT2D eigenvalue weighted by Crippen LogP contribution is 2.20. The number of anilines is 2. The fraction of sp³-hybridized carbons (Fsp3) is 0.0800. The summed E-state index contributed by atoms with van der Waals surface area (Å²) in [6.45, 7) is 2.48. The highest BCUT2D eigenvalue weighted by molar-refractivity contribution is 5.95. The van der Waals surface area contributed by atoms with Crippen molar-refractivity contribution in [2.75, 3.05) is 5.32 Å². The second kappa shape index (κ2) is 9.17. The number of nitrogens with zero attached hydrogens (tertiary/aromatic N) is 2. The first-order valence-electron chi connectivity index (χ1n) is 9.86. The van der Waals surface area contributed by atoms with Crippen molar-refractivity contribution in [2.24, 2.45) is 0 Å². The van der Waals surface area contributed by atoms with E-state index in [1.165, 1.54) is 12.1 Å². The Kier molecular flexibility index (Phi) is 5.98. The average molecular weight is 412 g/mol. The van der Waals surface area contributed by atoms with Crippen LogP contribution in [0.5, 0.6) is 0 Å². The van der Waals surface area contributed by atoms with E-state index in [0.717, 1.165) is 11.1 Å². The minimum Gasteiger partial charge on any atom is -0.348 e. The molecule has 5 nitrogen and oxygen atoms in total. The molecule has 6 heteroatoms. The second-order valence-electron chi connectivity index (χ2n) is 7.18. The number of hydrogen-bond donors (Lipinski definition) is 2. The molecule has 0 saturated heterocycles. The van der Waals surface area contributed by atoms with E-state index in [9.17, 15) is 9.18 Å². The minimum atomic E-state index is -0.308. The topological polar surface area (TPSA) is 66.9 Å². The van der Waals surface area contributed by atoms with Gasteiger partial charge in [0.2, 0.25) is 5.95 Å². The van der Waals surface area contributed by atoms with Crippen LogP contribution in [-0.2, 0) is 6.54 Å². The molecule has 2 N–H and O–H groups in total. The van der Waals surface area contributed by atoms with E-state index in [-0.39, 0.29) is 11.7 Å². The quantitative estimate of drug-likeness (QED) is 0.453. The zero-order chi connectivity index (χ0) is 21.6. The molecule has 0 saturated carbocycles. The van der Waals surface area contributed by atoms with Crippen LogP contribution in [0.2, 0.25) is 0 Å². The van der Waals surface area contributed by atoms with E-state index in [0.29, 0.717) is 34.9 Å². The van der Waals surface area contributed by atoms with Crippen LogP contribution >= 0.6 is 0 Å². The van der Waals surface area contributed by atoms with Gasteiger partial charge in [0.05, 0.1) is 0 Å². The Bertz CT molecular complexity index is 1210. The van der Waals surface area contributed by atoms with Gasteiger partial charge in [0.1, 0.15) is 5.82 Å². The molecular weight excluding hydrogens is 391 g/mol. The van der Waals surface area contributed by atoms with E-state index < -0.39 is 0 Å². The molecule has 154 valence electrons. The van der Waals surface area contributed by atoms with Gasteiger partial charge in [-0.3, -0.25) is 4.79 Å². The molecule has 0 aliphatic rings. The second-order valence-corrected chi connectivity index (χ2v) is 7.18. The number of carbonyl (C=O) groups excluding carboxylic acids is 1. The maximum atomic E-state index is 13.4. The molecular formula is C25H21FN4O. The number of aryl methyl sites for hydroxylation is 1. The van der Waals surface area contributed by atoms with Crippen molar-refractivity contribution in [3.63, 3.8) is 0 Å². The number of rotatable bonds is 6. The molecule has 0 radical (unpaired) electrons. The zero-order valence-corrected chi connectivity index (χ0v) is 17.0. The number of hydrogen-bond acceptors (Lipinski definition) is 4. The number of aromatic nitrogens is 2. The normalized spacial score (nSPS) is 10.5. The Hall–Kier alpha value is -4.06. The summed E-state index contributed by atoms with van der Waals surface area (Å²) in [6.07, 6.45) is 3.25. The van der Waals surface area contributed by atoms with Crippen LogP contribution in [0.25, 0.3) is 11.1 Å². The van der Waals surface area contributed by atoms with E-state index in [4.69, 9.17) is 0 Å². The summed E-state index contributed by atoms with van der Waals surface area (Å²) in [4.78, 5) is 21.1. The van der Waals surface area contributed by atoms with Crippen LogP contribution in [0.1, 0.15) is 21.5 Å². The maximum absolute atomic E-state index is 13.4. The van der Waals surface area contributed by atoms with Gasteiger partial charge in [-0.15, -0.1) is 0 Å². The van der Waals surface area contributed by atoms with Crippen LogP contribution in [0.15, 0.2) is 85.2 Å². The predicted molar refractivity (Wildman–Crippen MR) is 119 cm³/mol. The number of halogens is 1. The van der Waals surface area contributed by atoms with Gasteiger partial charge in [-0.25, -0.2) is 14.4 Å². The average Bonchev–Trinajstić information content (AvgIpc) is 2.78. The highest BCUT2D eigenvalue weighted by Gasteiger charge is 2.08. The van der Waals surface area contributed by atoms with Gasteiger partial charge in [-0.1, -0.05) is 48.0 Å². The van der Waals surface area contributed by atoms with Crippen molar-refractivity contribution >= 4 is 17.5 Å². The van der Waals surface area contributed by atoms with Crippen LogP contribution in [-0.4, -0.2) is 15.9 Å². The third-order valence-electron chi connectivity index (χ3n) is 4.73. The molecule has 0 fully saturated rings. The Morgan fingerprint density at radius 2 is 1.68 bits per heavy atom. The van der Waals surface area contributed by atoms with Crippen molar-refractivity contribution in [1.29, 1.82) is 0 Å². The van der Waals surface area contributed by atoms with Gasteiger partial charge < -0.3 is 10.6 Å². The lowest BCUT2D eigenvalue weighted by molar-refractivity contribution is 0.0951. The van der Waals surface area contributed by atoms with Gasteiger partial charge in [0, 0.05) is 35.8 Å². The van der Waals surface area contributed by atoms with Gasteiger partial charge in [-0.05, 0) is 48.4 Å². The standard InChI is InChI=1S/C25H21FN4O/c1-17-5-2-6-18(11-17)14-27-24(31)20-8-4-10-23(13-20)30-25-28-15-21(16-29-25)19-7-3-9-22(26)12-19/h2-13,15-16H,14H2,1H3,(H,27,31)(H,28,29,30). The van der Waals surface area contributed by atoms with E-state index in [2.05, 4.69) is 20.6 Å². The van der Waals surface area contributed by atoms with E-state index >= 15 is 0 Å². The first-order chi connectivity index (χ1) is 15.1. The summed E-state index contributed by atoms with van der Waals surface area (Å²) < 4.78 is 13.4. The smallest absolute Gasteiger partial charge is 0.251 e. The molecule has 0 atom stereocenters. The summed E-state index contributed by atoms with van der Waals surface area (Å²) in [6, 6.07) is 21.4. The van der Waals surface area contributed by atoms with Crippen LogP contribution in [0.4, 0.5) is 16.0 Å². The van der Waals surface area contributed by atoms with Crippen molar-refractivity contribution in [3.8, 4) is 11.1 Å². The Balaban J connectivity index is 1.41. The van der Waals surface area contributed by atoms with Crippen molar-refractivity contribution in [2.45, 2.75) is 13.5 Å². The molecule has 4 rings (SSSR count). The van der Waals surface area contributed by atoms with E-state index in [1.54, 1.807) is 42.7 Å². The Morgan fingerprint density at radius 3 is 2.45 bits per heavy atom. The first kappa shape index (κ1) is 20.2. The summed E-state index contributed by atoms with van der Waals surface area (Å²) in [7, 11) is 0. The van der Waals surface area contributed by atoms with Gasteiger partial charge in [0.15, 0.2) is 0 Å². The lowest BCUT2D eigenvalue weighted by Gasteiger charge is -2.09. The Labute approximate surface area is 180 Å². The lowest BCUT2D eigenvalue weighted by atomic mass is 10.1. The van der Waals surface area contributed by atoms with Crippen LogP contribution in [0.3, 0.4) is 0 Å². The largest absolute Gasteiger partial charge is 0.348 e. The summed E-state index contributed by atoms with van der Waals surface area (Å²) >= 11 is 0. The lowest BCUT2D eigenvalue weighted by Crippen LogP contribution is -2.22. The maximum Gasteiger partial charge on any atom is 0.251 e. The number of amides is 1. The monoisotopic (exact) mass is 412 g/mol. The summed E-state index contributed by atoms with van der Waals surface area (Å²) in [5.74, 6) is -0.0813. The summed E-state index contributed by atoms with van der Waals surface area (Å²) in [5.41, 5.74) is 4.86. The molecule has 0 aliphatic heterocycles. The molecule has 0 spiro atoms. The highest BCUT2D eigenvalue weighted by atomic mass is 19.1. The van der Waals surface area contributed by atoms with E-state index in [1.807, 2.05) is 37.3 Å². The third kappa shape index (κ3) is 5.30.